The maximum atomic E-state index is 14.0. The molecule has 0 radical (unpaired) electrons. The molecule has 4 rings (SSSR count). The van der Waals surface area contributed by atoms with Crippen molar-refractivity contribution in [2.45, 2.75) is 19.3 Å². The van der Waals surface area contributed by atoms with Crippen LogP contribution < -0.4 is 17.2 Å². The molecule has 0 aromatic heterocycles. The third-order valence-corrected chi connectivity index (χ3v) is 6.31. The average molecular weight is 453 g/mol. The minimum atomic E-state index is -1.03. The van der Waals surface area contributed by atoms with Gasteiger partial charge in [-0.3, -0.25) is 5.41 Å². The fourth-order valence-corrected chi connectivity index (χ4v) is 4.29. The molecule has 0 bridgehead atoms. The molecule has 1 saturated carbocycles. The van der Waals surface area contributed by atoms with Gasteiger partial charge in [-0.25, -0.2) is 0 Å². The number of hydrogen-bond acceptors (Lipinski definition) is 4. The van der Waals surface area contributed by atoms with Crippen LogP contribution in [0.1, 0.15) is 47.1 Å². The summed E-state index contributed by atoms with van der Waals surface area (Å²) in [6.07, 6.45) is 8.43. The van der Waals surface area contributed by atoms with E-state index in [0.717, 1.165) is 40.7 Å². The molecular formula is C29H29FN4. The molecular weight excluding hydrogens is 423 g/mol. The molecule has 1 aliphatic carbocycles. The molecule has 0 amide bonds. The SMILES string of the molecule is N=C(F)c1cc(/C(=C(/c2ccccc2)C2CCC2)c2ccc(/C=C/C(N)=C/N)cc2)ccc1N. The highest BCUT2D eigenvalue weighted by Crippen LogP contribution is 2.45. The van der Waals surface area contributed by atoms with Crippen LogP contribution >= 0.6 is 0 Å². The molecule has 7 N–H and O–H groups in total. The van der Waals surface area contributed by atoms with Gasteiger partial charge in [-0.2, -0.15) is 4.39 Å². The van der Waals surface area contributed by atoms with E-state index in [0.29, 0.717) is 11.6 Å². The number of anilines is 1. The number of nitrogens with one attached hydrogen (secondary N) is 1. The second kappa shape index (κ2) is 10.2. The van der Waals surface area contributed by atoms with Crippen LogP contribution in [0.2, 0.25) is 0 Å². The lowest BCUT2D eigenvalue weighted by molar-refractivity contribution is 0.401. The molecule has 3 aromatic rings. The van der Waals surface area contributed by atoms with E-state index in [4.69, 9.17) is 22.6 Å². The Morgan fingerprint density at radius 2 is 1.59 bits per heavy atom. The smallest absolute Gasteiger partial charge is 0.214 e. The molecule has 1 fully saturated rings. The summed E-state index contributed by atoms with van der Waals surface area (Å²) in [5, 5.41) is 7.55. The second-order valence-electron chi connectivity index (χ2n) is 8.52. The van der Waals surface area contributed by atoms with E-state index in [2.05, 4.69) is 24.3 Å². The normalized spacial score (nSPS) is 15.1. The maximum absolute atomic E-state index is 14.0. The molecule has 0 atom stereocenters. The van der Waals surface area contributed by atoms with Crippen LogP contribution in [0.5, 0.6) is 0 Å². The van der Waals surface area contributed by atoms with Crippen molar-refractivity contribution in [1.82, 2.24) is 0 Å². The van der Waals surface area contributed by atoms with Crippen LogP contribution in [0.15, 0.2) is 90.8 Å². The molecule has 172 valence electrons. The first-order chi connectivity index (χ1) is 16.5. The van der Waals surface area contributed by atoms with E-state index in [1.54, 1.807) is 18.2 Å². The minimum Gasteiger partial charge on any atom is -0.403 e. The average Bonchev–Trinajstić information content (AvgIpc) is 2.83. The minimum absolute atomic E-state index is 0.111. The Hall–Kier alpha value is -4.12. The number of nitrogen functional groups attached to an aromatic ring is 1. The van der Waals surface area contributed by atoms with Crippen molar-refractivity contribution in [1.29, 1.82) is 5.41 Å². The number of halogens is 1. The highest BCUT2D eigenvalue weighted by Gasteiger charge is 2.27. The first kappa shape index (κ1) is 23.1. The van der Waals surface area contributed by atoms with E-state index in [-0.39, 0.29) is 11.3 Å². The fraction of sp³-hybridized carbons (Fsp3) is 0.138. The standard InChI is InChI=1S/C29H29FN4/c30-29(34)25-17-23(14-16-26(25)33)28(22-12-9-19(10-13-22)11-15-24(32)18-31)27(21-7-4-8-21)20-5-2-1-3-6-20/h1-3,5-6,9-18,21,34H,4,7-8,31-33H2/b15-11+,24-18-,28-27-,34-29?. The van der Waals surface area contributed by atoms with Crippen LogP contribution in [0.3, 0.4) is 0 Å². The molecule has 0 aliphatic heterocycles. The molecule has 5 heteroatoms. The van der Waals surface area contributed by atoms with E-state index < -0.39 is 5.97 Å². The monoisotopic (exact) mass is 452 g/mol. The summed E-state index contributed by atoms with van der Waals surface area (Å²) in [4.78, 5) is 0. The Balaban J connectivity index is 1.92. The number of nitrogens with two attached hydrogens (primary N) is 3. The summed E-state index contributed by atoms with van der Waals surface area (Å²) in [5.41, 5.74) is 24.3. The summed E-state index contributed by atoms with van der Waals surface area (Å²) in [6, 6.07) is 23.8. The molecule has 0 unspecified atom stereocenters. The third kappa shape index (κ3) is 4.94. The van der Waals surface area contributed by atoms with Crippen molar-refractivity contribution >= 4 is 28.9 Å². The molecule has 4 nitrogen and oxygen atoms in total. The quantitative estimate of drug-likeness (QED) is 0.151. The number of hydrogen-bond donors (Lipinski definition) is 4. The van der Waals surface area contributed by atoms with Gasteiger partial charge in [0.15, 0.2) is 0 Å². The second-order valence-corrected chi connectivity index (χ2v) is 8.52. The van der Waals surface area contributed by atoms with Crippen LogP contribution in [0, 0.1) is 11.3 Å². The summed E-state index contributed by atoms with van der Waals surface area (Å²) >= 11 is 0. The third-order valence-electron chi connectivity index (χ3n) is 6.31. The Kier molecular flexibility index (Phi) is 6.93. The van der Waals surface area contributed by atoms with Gasteiger partial charge < -0.3 is 17.2 Å². The van der Waals surface area contributed by atoms with Gasteiger partial charge in [0.1, 0.15) is 0 Å². The molecule has 0 heterocycles. The largest absolute Gasteiger partial charge is 0.403 e. The zero-order valence-corrected chi connectivity index (χ0v) is 19.0. The Bertz CT molecular complexity index is 1270. The highest BCUT2D eigenvalue weighted by molar-refractivity contribution is 6.03. The first-order valence-electron chi connectivity index (χ1n) is 11.4. The summed E-state index contributed by atoms with van der Waals surface area (Å²) in [7, 11) is 0. The zero-order valence-electron chi connectivity index (χ0n) is 19.0. The van der Waals surface area contributed by atoms with E-state index in [1.807, 2.05) is 42.5 Å². The maximum Gasteiger partial charge on any atom is 0.214 e. The Morgan fingerprint density at radius 3 is 2.18 bits per heavy atom. The topological polar surface area (TPSA) is 102 Å². The number of rotatable bonds is 7. The van der Waals surface area contributed by atoms with Gasteiger partial charge in [0.25, 0.3) is 0 Å². The van der Waals surface area contributed by atoms with Crippen LogP contribution in [0.4, 0.5) is 10.1 Å². The van der Waals surface area contributed by atoms with Crippen molar-refractivity contribution in [3.05, 3.63) is 119 Å². The summed E-state index contributed by atoms with van der Waals surface area (Å²) in [5.74, 6) is -0.619. The molecule has 0 spiro atoms. The lowest BCUT2D eigenvalue weighted by Gasteiger charge is -2.31. The van der Waals surface area contributed by atoms with E-state index in [9.17, 15) is 4.39 Å². The van der Waals surface area contributed by atoms with E-state index in [1.165, 1.54) is 18.2 Å². The van der Waals surface area contributed by atoms with E-state index >= 15 is 0 Å². The Morgan fingerprint density at radius 1 is 0.912 bits per heavy atom. The van der Waals surface area contributed by atoms with Gasteiger partial charge in [-0.05, 0) is 70.4 Å². The lowest BCUT2D eigenvalue weighted by atomic mass is 9.73. The van der Waals surface area contributed by atoms with Crippen molar-refractivity contribution in [3.63, 3.8) is 0 Å². The van der Waals surface area contributed by atoms with Crippen LogP contribution in [0.25, 0.3) is 17.2 Å². The Labute approximate surface area is 199 Å². The summed E-state index contributed by atoms with van der Waals surface area (Å²) < 4.78 is 14.0. The van der Waals surface area contributed by atoms with Gasteiger partial charge in [0.05, 0.1) is 5.56 Å². The van der Waals surface area contributed by atoms with Crippen LogP contribution in [-0.4, -0.2) is 5.97 Å². The van der Waals surface area contributed by atoms with Crippen molar-refractivity contribution < 1.29 is 4.39 Å². The zero-order chi connectivity index (χ0) is 24.1. The van der Waals surface area contributed by atoms with Gasteiger partial charge in [-0.1, -0.05) is 73.2 Å². The lowest BCUT2D eigenvalue weighted by Crippen LogP contribution is -2.15. The van der Waals surface area contributed by atoms with Crippen molar-refractivity contribution in [2.75, 3.05) is 5.73 Å². The van der Waals surface area contributed by atoms with Crippen LogP contribution in [-0.2, 0) is 0 Å². The highest BCUT2D eigenvalue weighted by atomic mass is 19.1. The first-order valence-corrected chi connectivity index (χ1v) is 11.4. The number of allylic oxidation sites excluding steroid dienone is 2. The molecule has 0 saturated heterocycles. The van der Waals surface area contributed by atoms with Gasteiger partial charge in [-0.15, -0.1) is 0 Å². The van der Waals surface area contributed by atoms with Gasteiger partial charge in [0.2, 0.25) is 5.97 Å². The predicted octanol–water partition coefficient (Wildman–Crippen LogP) is 6.09. The van der Waals surface area contributed by atoms with Gasteiger partial charge in [0, 0.05) is 17.6 Å². The number of benzene rings is 3. The predicted molar refractivity (Wildman–Crippen MR) is 140 cm³/mol. The van der Waals surface area contributed by atoms with Crippen molar-refractivity contribution in [3.8, 4) is 0 Å². The van der Waals surface area contributed by atoms with Gasteiger partial charge >= 0.3 is 0 Å². The molecule has 3 aromatic carbocycles. The fourth-order valence-electron chi connectivity index (χ4n) is 4.29. The molecule has 34 heavy (non-hydrogen) atoms. The van der Waals surface area contributed by atoms with Crippen molar-refractivity contribution in [2.24, 2.45) is 17.4 Å². The molecule has 1 aliphatic rings. The summed E-state index contributed by atoms with van der Waals surface area (Å²) in [6.45, 7) is 0.